The lowest BCUT2D eigenvalue weighted by atomic mass is 9.69. The zero-order valence-electron chi connectivity index (χ0n) is 23.7. The minimum absolute atomic E-state index is 0.129. The van der Waals surface area contributed by atoms with E-state index >= 15 is 0 Å². The summed E-state index contributed by atoms with van der Waals surface area (Å²) in [6.45, 7) is 3.27. The van der Waals surface area contributed by atoms with Gasteiger partial charge >= 0.3 is 6.18 Å². The highest BCUT2D eigenvalue weighted by Gasteiger charge is 2.34. The molecule has 0 bridgehead atoms. The molecule has 5 heteroatoms. The van der Waals surface area contributed by atoms with Crippen LogP contribution in [0.25, 0.3) is 0 Å². The molecule has 3 saturated carbocycles. The van der Waals surface area contributed by atoms with Crippen molar-refractivity contribution in [3.63, 3.8) is 0 Å². The Morgan fingerprint density at radius 2 is 1.26 bits per heavy atom. The molecule has 1 nitrogen and oxygen atoms in total. The number of hydrogen-bond acceptors (Lipinski definition) is 1. The van der Waals surface area contributed by atoms with E-state index in [0.29, 0.717) is 36.7 Å². The van der Waals surface area contributed by atoms with E-state index in [-0.39, 0.29) is 6.08 Å². The first-order valence-corrected chi connectivity index (χ1v) is 16.1. The lowest BCUT2D eigenvalue weighted by Gasteiger charge is -2.38. The van der Waals surface area contributed by atoms with E-state index in [1.54, 1.807) is 0 Å². The molecular formula is C33H52F4O. The maximum absolute atomic E-state index is 13.9. The highest BCUT2D eigenvalue weighted by atomic mass is 19.4. The summed E-state index contributed by atoms with van der Waals surface area (Å²) in [5.74, 6) is 2.72. The van der Waals surface area contributed by atoms with Crippen LogP contribution in [0.5, 0.6) is 0 Å². The molecule has 4 rings (SSSR count). The average Bonchev–Trinajstić information content (AvgIpc) is 2.92. The van der Waals surface area contributed by atoms with Gasteiger partial charge in [0.2, 0.25) is 0 Å². The minimum Gasteiger partial charge on any atom is -0.378 e. The molecule has 0 N–H and O–H groups in total. The molecule has 218 valence electrons. The molecule has 1 saturated heterocycles. The van der Waals surface area contributed by atoms with Crippen LogP contribution >= 0.6 is 0 Å². The van der Waals surface area contributed by atoms with Crippen molar-refractivity contribution in [2.24, 2.45) is 41.4 Å². The van der Waals surface area contributed by atoms with E-state index in [0.717, 1.165) is 37.2 Å². The summed E-state index contributed by atoms with van der Waals surface area (Å²) in [7, 11) is 0. The smallest absolute Gasteiger partial charge is 0.378 e. The monoisotopic (exact) mass is 540 g/mol. The minimum atomic E-state index is -4.55. The summed E-state index contributed by atoms with van der Waals surface area (Å²) in [5.41, 5.74) is 0. The third-order valence-corrected chi connectivity index (χ3v) is 10.6. The second kappa shape index (κ2) is 14.7. The Hall–Kier alpha value is -0.840. The maximum atomic E-state index is 13.9. The number of allylic oxidation sites excluding steroid dienone is 4. The van der Waals surface area contributed by atoms with Gasteiger partial charge in [-0.25, -0.2) is 4.39 Å². The first-order chi connectivity index (χ1) is 18.3. The third kappa shape index (κ3) is 9.37. The van der Waals surface area contributed by atoms with Crippen LogP contribution in [0.3, 0.4) is 0 Å². The van der Waals surface area contributed by atoms with Crippen molar-refractivity contribution in [1.29, 1.82) is 0 Å². The Labute approximate surface area is 229 Å². The lowest BCUT2D eigenvalue weighted by Crippen LogP contribution is -2.34. The van der Waals surface area contributed by atoms with Crippen molar-refractivity contribution in [1.82, 2.24) is 0 Å². The van der Waals surface area contributed by atoms with Gasteiger partial charge in [0.15, 0.2) is 0 Å². The fourth-order valence-electron chi connectivity index (χ4n) is 8.08. The normalized spacial score (nSPS) is 38.0. The van der Waals surface area contributed by atoms with Crippen molar-refractivity contribution < 1.29 is 22.3 Å². The summed E-state index contributed by atoms with van der Waals surface area (Å²) < 4.78 is 57.7. The van der Waals surface area contributed by atoms with Gasteiger partial charge in [-0.15, -0.1) is 0 Å². The first kappa shape index (κ1) is 30.1. The third-order valence-electron chi connectivity index (χ3n) is 10.6. The van der Waals surface area contributed by atoms with E-state index in [1.165, 1.54) is 89.9 Å². The zero-order chi connectivity index (χ0) is 27.0. The number of rotatable bonds is 9. The van der Waals surface area contributed by atoms with Crippen molar-refractivity contribution in [2.45, 2.75) is 135 Å². The highest BCUT2D eigenvalue weighted by Crippen LogP contribution is 2.44. The van der Waals surface area contributed by atoms with Gasteiger partial charge in [0, 0.05) is 12.5 Å². The second-order valence-electron chi connectivity index (χ2n) is 13.2. The number of unbranched alkanes of at least 4 members (excludes halogenated alkanes) is 2. The largest absolute Gasteiger partial charge is 0.412 e. The van der Waals surface area contributed by atoms with Crippen molar-refractivity contribution in [2.75, 3.05) is 6.61 Å². The summed E-state index contributed by atoms with van der Waals surface area (Å²) in [5, 5.41) is 0. The molecule has 0 aromatic rings. The van der Waals surface area contributed by atoms with Crippen LogP contribution < -0.4 is 0 Å². The van der Waals surface area contributed by atoms with Gasteiger partial charge in [-0.2, -0.15) is 13.2 Å². The van der Waals surface area contributed by atoms with Crippen molar-refractivity contribution in [3.8, 4) is 0 Å². The molecular weight excluding hydrogens is 488 g/mol. The molecule has 4 aliphatic rings. The van der Waals surface area contributed by atoms with Gasteiger partial charge in [0.05, 0.1) is 12.2 Å². The molecule has 2 unspecified atom stereocenters. The summed E-state index contributed by atoms with van der Waals surface area (Å²) >= 11 is 0. The van der Waals surface area contributed by atoms with Crippen LogP contribution in [0.1, 0.15) is 122 Å². The van der Waals surface area contributed by atoms with Gasteiger partial charge in [0.1, 0.15) is 5.83 Å². The molecule has 0 aromatic carbocycles. The van der Waals surface area contributed by atoms with Crippen molar-refractivity contribution >= 4 is 0 Å². The van der Waals surface area contributed by atoms with Crippen LogP contribution in [0.2, 0.25) is 0 Å². The molecule has 0 radical (unpaired) electrons. The molecule has 0 amide bonds. The van der Waals surface area contributed by atoms with Crippen LogP contribution in [-0.4, -0.2) is 18.9 Å². The number of ether oxygens (including phenoxy) is 1. The summed E-state index contributed by atoms with van der Waals surface area (Å²) in [6.07, 6.45) is 21.9. The van der Waals surface area contributed by atoms with Gasteiger partial charge in [-0.05, 0) is 132 Å². The van der Waals surface area contributed by atoms with Crippen LogP contribution in [0, 0.1) is 41.4 Å². The second-order valence-corrected chi connectivity index (χ2v) is 13.2. The van der Waals surface area contributed by atoms with E-state index in [9.17, 15) is 17.6 Å². The molecule has 1 heterocycles. The Balaban J connectivity index is 1.09. The fraction of sp³-hybridized carbons (Fsp3) is 0.879. The molecule has 38 heavy (non-hydrogen) atoms. The average molecular weight is 541 g/mol. The summed E-state index contributed by atoms with van der Waals surface area (Å²) in [6, 6.07) is 0. The Kier molecular flexibility index (Phi) is 11.6. The SMILES string of the molecule is CCCCCC1CCC(C2CCC(C=CC3CCC(C4CCC(C(F)=CC(F)(F)F)CC4)CC3)CC2)OC1. The predicted molar refractivity (Wildman–Crippen MR) is 147 cm³/mol. The van der Waals surface area contributed by atoms with Gasteiger partial charge < -0.3 is 4.74 Å². The molecule has 0 aromatic heterocycles. The first-order valence-electron chi connectivity index (χ1n) is 16.1. The summed E-state index contributed by atoms with van der Waals surface area (Å²) in [4.78, 5) is 0. The lowest BCUT2D eigenvalue weighted by molar-refractivity contribution is -0.0821. The van der Waals surface area contributed by atoms with E-state index in [2.05, 4.69) is 19.1 Å². The van der Waals surface area contributed by atoms with Crippen molar-refractivity contribution in [3.05, 3.63) is 24.1 Å². The van der Waals surface area contributed by atoms with E-state index < -0.39 is 17.9 Å². The van der Waals surface area contributed by atoms with E-state index in [4.69, 9.17) is 4.74 Å². The van der Waals surface area contributed by atoms with Gasteiger partial charge in [-0.3, -0.25) is 0 Å². The Bertz CT molecular complexity index is 727. The number of halogens is 4. The number of alkyl halides is 3. The Morgan fingerprint density at radius 1 is 0.711 bits per heavy atom. The maximum Gasteiger partial charge on any atom is 0.412 e. The van der Waals surface area contributed by atoms with Gasteiger partial charge in [-0.1, -0.05) is 38.3 Å². The Morgan fingerprint density at radius 3 is 1.76 bits per heavy atom. The fourth-order valence-corrected chi connectivity index (χ4v) is 8.08. The topological polar surface area (TPSA) is 9.23 Å². The number of hydrogen-bond donors (Lipinski definition) is 0. The standard InChI is InChI=1S/C33H52F4O/c1-2-3-4-5-26-12-21-32(38-23-26)30-15-10-25(11-16-30)7-6-24-8-13-27(14-9-24)28-17-19-29(20-18-28)31(34)22-33(35,36)37/h6-7,22,24-30,32H,2-5,8-21,23H2,1H3. The quantitative estimate of drug-likeness (QED) is 0.161. The van der Waals surface area contributed by atoms with E-state index in [1.807, 2.05) is 0 Å². The van der Waals surface area contributed by atoms with Crippen LogP contribution in [0.4, 0.5) is 17.6 Å². The molecule has 0 spiro atoms. The molecule has 3 aliphatic carbocycles. The molecule has 4 fully saturated rings. The molecule has 1 aliphatic heterocycles. The highest BCUT2D eigenvalue weighted by molar-refractivity contribution is 5.04. The zero-order valence-corrected chi connectivity index (χ0v) is 23.7. The predicted octanol–water partition coefficient (Wildman–Crippen LogP) is 10.8. The van der Waals surface area contributed by atoms with Crippen LogP contribution in [-0.2, 0) is 4.74 Å². The van der Waals surface area contributed by atoms with Gasteiger partial charge in [0.25, 0.3) is 0 Å². The molecule has 2 atom stereocenters. The van der Waals surface area contributed by atoms with Crippen LogP contribution in [0.15, 0.2) is 24.1 Å².